The zero-order valence-electron chi connectivity index (χ0n) is 7.99. The number of morpholine rings is 1. The van der Waals surface area contributed by atoms with Crippen molar-refractivity contribution < 1.29 is 4.74 Å². The van der Waals surface area contributed by atoms with Gasteiger partial charge in [-0.3, -0.25) is 4.90 Å². The van der Waals surface area contributed by atoms with Crippen molar-refractivity contribution in [2.45, 2.75) is 32.4 Å². The van der Waals surface area contributed by atoms with E-state index in [4.69, 9.17) is 4.74 Å². The summed E-state index contributed by atoms with van der Waals surface area (Å²) >= 11 is 4.24. The Hall–Kier alpha value is 0.270. The fourth-order valence-corrected chi connectivity index (χ4v) is 1.99. The summed E-state index contributed by atoms with van der Waals surface area (Å²) in [5, 5.41) is 0. The Morgan fingerprint density at radius 1 is 1.67 bits per heavy atom. The molecule has 3 heteroatoms. The third-order valence-corrected chi connectivity index (χ3v) is 2.70. The van der Waals surface area contributed by atoms with Gasteiger partial charge in [-0.15, -0.1) is 0 Å². The summed E-state index contributed by atoms with van der Waals surface area (Å²) in [4.78, 5) is 2.49. The first-order valence-electron chi connectivity index (χ1n) is 4.70. The van der Waals surface area contributed by atoms with Gasteiger partial charge in [0.05, 0.1) is 12.7 Å². The van der Waals surface area contributed by atoms with Crippen molar-refractivity contribution in [1.82, 2.24) is 4.90 Å². The van der Waals surface area contributed by atoms with Crippen molar-refractivity contribution in [3.05, 3.63) is 0 Å². The highest BCUT2D eigenvalue weighted by Gasteiger charge is 2.20. The lowest BCUT2D eigenvalue weighted by Crippen LogP contribution is -2.45. The SMILES string of the molecule is CC(CCS)N1CCO[C@@H](C)C1. The molecule has 0 aromatic carbocycles. The third-order valence-electron chi connectivity index (χ3n) is 2.44. The molecule has 0 spiro atoms. The van der Waals surface area contributed by atoms with Crippen LogP contribution in [0, 0.1) is 0 Å². The molecule has 12 heavy (non-hydrogen) atoms. The molecule has 1 fully saturated rings. The molecule has 0 radical (unpaired) electrons. The van der Waals surface area contributed by atoms with Crippen LogP contribution in [-0.2, 0) is 4.74 Å². The van der Waals surface area contributed by atoms with Gasteiger partial charge in [-0.1, -0.05) is 0 Å². The van der Waals surface area contributed by atoms with Crippen LogP contribution in [0.4, 0.5) is 0 Å². The van der Waals surface area contributed by atoms with Crippen molar-refractivity contribution in [3.63, 3.8) is 0 Å². The van der Waals surface area contributed by atoms with Gasteiger partial charge in [0.1, 0.15) is 0 Å². The summed E-state index contributed by atoms with van der Waals surface area (Å²) in [6, 6.07) is 0.661. The van der Waals surface area contributed by atoms with Crippen LogP contribution in [0.5, 0.6) is 0 Å². The average molecular weight is 189 g/mol. The molecule has 1 aliphatic rings. The van der Waals surface area contributed by atoms with E-state index in [-0.39, 0.29) is 0 Å². The normalized spacial score (nSPS) is 28.8. The molecule has 0 aliphatic carbocycles. The van der Waals surface area contributed by atoms with Crippen LogP contribution in [0.25, 0.3) is 0 Å². The van der Waals surface area contributed by atoms with Gasteiger partial charge in [0, 0.05) is 19.1 Å². The Kier molecular flexibility index (Phi) is 4.40. The van der Waals surface area contributed by atoms with E-state index in [1.165, 1.54) is 6.42 Å². The third kappa shape index (κ3) is 2.96. The Balaban J connectivity index is 2.29. The molecule has 0 bridgehead atoms. The first kappa shape index (κ1) is 10.4. The topological polar surface area (TPSA) is 12.5 Å². The predicted molar refractivity (Wildman–Crippen MR) is 54.9 cm³/mol. The van der Waals surface area contributed by atoms with Crippen LogP contribution in [0.2, 0.25) is 0 Å². The Morgan fingerprint density at radius 3 is 3.00 bits per heavy atom. The minimum absolute atomic E-state index is 0.404. The Morgan fingerprint density at radius 2 is 2.42 bits per heavy atom. The molecule has 0 aromatic heterocycles. The molecule has 0 amide bonds. The van der Waals surface area contributed by atoms with Gasteiger partial charge in [-0.2, -0.15) is 12.6 Å². The molecule has 1 aliphatic heterocycles. The molecule has 2 atom stereocenters. The fourth-order valence-electron chi connectivity index (χ4n) is 1.62. The lowest BCUT2D eigenvalue weighted by Gasteiger charge is -2.35. The van der Waals surface area contributed by atoms with E-state index in [0.29, 0.717) is 12.1 Å². The standard InChI is InChI=1S/C9H19NOS/c1-8(3-6-12)10-4-5-11-9(2)7-10/h8-9,12H,3-7H2,1-2H3/t8?,9-/m0/s1. The highest BCUT2D eigenvalue weighted by molar-refractivity contribution is 7.80. The highest BCUT2D eigenvalue weighted by atomic mass is 32.1. The monoisotopic (exact) mass is 189 g/mol. The number of hydrogen-bond acceptors (Lipinski definition) is 3. The van der Waals surface area contributed by atoms with Crippen LogP contribution < -0.4 is 0 Å². The molecule has 1 heterocycles. The van der Waals surface area contributed by atoms with Gasteiger partial charge >= 0.3 is 0 Å². The largest absolute Gasteiger partial charge is 0.376 e. The summed E-state index contributed by atoms with van der Waals surface area (Å²) in [7, 11) is 0. The second-order valence-electron chi connectivity index (χ2n) is 3.54. The van der Waals surface area contributed by atoms with Gasteiger partial charge in [0.2, 0.25) is 0 Å². The minimum atomic E-state index is 0.404. The van der Waals surface area contributed by atoms with Crippen LogP contribution in [0.15, 0.2) is 0 Å². The summed E-state index contributed by atoms with van der Waals surface area (Å²) in [5.41, 5.74) is 0. The lowest BCUT2D eigenvalue weighted by atomic mass is 10.2. The molecular weight excluding hydrogens is 170 g/mol. The Labute approximate surface area is 80.7 Å². The van der Waals surface area contributed by atoms with Crippen LogP contribution in [0.1, 0.15) is 20.3 Å². The van der Waals surface area contributed by atoms with Gasteiger partial charge in [-0.05, 0) is 26.0 Å². The molecule has 1 saturated heterocycles. The zero-order valence-corrected chi connectivity index (χ0v) is 8.89. The number of thiol groups is 1. The molecule has 0 aromatic rings. The van der Waals surface area contributed by atoms with E-state index in [1.54, 1.807) is 0 Å². The summed E-state index contributed by atoms with van der Waals surface area (Å²) in [5.74, 6) is 0.979. The summed E-state index contributed by atoms with van der Waals surface area (Å²) in [6.45, 7) is 7.46. The van der Waals surface area contributed by atoms with Gasteiger partial charge in [0.15, 0.2) is 0 Å². The molecule has 1 unspecified atom stereocenters. The van der Waals surface area contributed by atoms with Gasteiger partial charge in [0.25, 0.3) is 0 Å². The van der Waals surface area contributed by atoms with Crippen molar-refractivity contribution in [2.24, 2.45) is 0 Å². The van der Waals surface area contributed by atoms with Crippen molar-refractivity contribution in [3.8, 4) is 0 Å². The second-order valence-corrected chi connectivity index (χ2v) is 3.98. The number of ether oxygens (including phenoxy) is 1. The molecule has 0 N–H and O–H groups in total. The smallest absolute Gasteiger partial charge is 0.0674 e. The predicted octanol–water partition coefficient (Wildman–Crippen LogP) is 1.42. The molecular formula is C9H19NOS. The van der Waals surface area contributed by atoms with Gasteiger partial charge in [-0.25, -0.2) is 0 Å². The highest BCUT2D eigenvalue weighted by Crippen LogP contribution is 2.10. The zero-order chi connectivity index (χ0) is 8.97. The number of rotatable bonds is 3. The van der Waals surface area contributed by atoms with E-state index in [0.717, 1.165) is 25.4 Å². The maximum absolute atomic E-state index is 5.48. The fraction of sp³-hybridized carbons (Fsp3) is 1.00. The minimum Gasteiger partial charge on any atom is -0.376 e. The van der Waals surface area contributed by atoms with Crippen molar-refractivity contribution in [2.75, 3.05) is 25.4 Å². The van der Waals surface area contributed by atoms with E-state index >= 15 is 0 Å². The first-order chi connectivity index (χ1) is 5.74. The number of nitrogens with zero attached hydrogens (tertiary/aromatic N) is 1. The number of hydrogen-bond donors (Lipinski definition) is 1. The van der Waals surface area contributed by atoms with Crippen molar-refractivity contribution >= 4 is 12.6 Å². The maximum atomic E-state index is 5.48. The van der Waals surface area contributed by atoms with Crippen LogP contribution in [-0.4, -0.2) is 42.5 Å². The molecule has 2 nitrogen and oxygen atoms in total. The second kappa shape index (κ2) is 5.10. The lowest BCUT2D eigenvalue weighted by molar-refractivity contribution is -0.0316. The van der Waals surface area contributed by atoms with Crippen molar-refractivity contribution in [1.29, 1.82) is 0 Å². The molecule has 72 valence electrons. The maximum Gasteiger partial charge on any atom is 0.0674 e. The van der Waals surface area contributed by atoms with E-state index in [9.17, 15) is 0 Å². The average Bonchev–Trinajstić information content (AvgIpc) is 2.05. The first-order valence-corrected chi connectivity index (χ1v) is 5.33. The van der Waals surface area contributed by atoms with E-state index in [1.807, 2.05) is 0 Å². The summed E-state index contributed by atoms with van der Waals surface area (Å²) < 4.78 is 5.48. The quantitative estimate of drug-likeness (QED) is 0.674. The van der Waals surface area contributed by atoms with E-state index in [2.05, 4.69) is 31.4 Å². The summed E-state index contributed by atoms with van der Waals surface area (Å²) in [6.07, 6.45) is 1.58. The Bertz CT molecular complexity index is 132. The van der Waals surface area contributed by atoms with Crippen LogP contribution >= 0.6 is 12.6 Å². The van der Waals surface area contributed by atoms with E-state index < -0.39 is 0 Å². The molecule has 0 saturated carbocycles. The van der Waals surface area contributed by atoms with Crippen LogP contribution in [0.3, 0.4) is 0 Å². The molecule has 1 rings (SSSR count). The van der Waals surface area contributed by atoms with Gasteiger partial charge < -0.3 is 4.74 Å².